The highest BCUT2D eigenvalue weighted by Crippen LogP contribution is 2.16. The zero-order chi connectivity index (χ0) is 16.7. The van der Waals surface area contributed by atoms with E-state index in [0.29, 0.717) is 31.5 Å². The number of nitrogens with one attached hydrogen (secondary N) is 2. The Kier molecular flexibility index (Phi) is 6.30. The van der Waals surface area contributed by atoms with Crippen LogP contribution in [-0.4, -0.2) is 29.4 Å². The minimum absolute atomic E-state index is 0.125. The molecule has 0 saturated carbocycles. The zero-order valence-corrected chi connectivity index (χ0v) is 13.8. The first-order chi connectivity index (χ1) is 11.1. The van der Waals surface area contributed by atoms with Crippen LogP contribution in [0.5, 0.6) is 0 Å². The minimum atomic E-state index is -0.964. The Bertz CT molecular complexity index is 679. The van der Waals surface area contributed by atoms with Crippen LogP contribution in [0.15, 0.2) is 29.0 Å². The summed E-state index contributed by atoms with van der Waals surface area (Å²) in [6, 6.07) is 4.96. The second kappa shape index (κ2) is 8.44. The molecule has 0 radical (unpaired) electrons. The average molecular weight is 352 g/mol. The standard InChI is InChI=1S/C15H16N2O4S2/c18-13(17-8-11-3-4-12(23-11)15(20)21)2-1-6-16-14(19)10-5-7-22-9-10/h3-5,7,9H,1-2,6,8H2,(H,16,19)(H,17,18)(H,20,21). The molecule has 23 heavy (non-hydrogen) atoms. The summed E-state index contributed by atoms with van der Waals surface area (Å²) in [5.74, 6) is -1.22. The maximum absolute atomic E-state index is 11.7. The molecule has 6 nitrogen and oxygen atoms in total. The quantitative estimate of drug-likeness (QED) is 0.636. The van der Waals surface area contributed by atoms with Crippen molar-refractivity contribution in [1.29, 1.82) is 0 Å². The molecule has 0 fully saturated rings. The van der Waals surface area contributed by atoms with Gasteiger partial charge in [0.25, 0.3) is 5.91 Å². The van der Waals surface area contributed by atoms with Gasteiger partial charge >= 0.3 is 5.97 Å². The molecule has 0 aliphatic carbocycles. The molecule has 0 saturated heterocycles. The van der Waals surface area contributed by atoms with E-state index in [-0.39, 0.29) is 16.7 Å². The average Bonchev–Trinajstić information content (AvgIpc) is 3.20. The lowest BCUT2D eigenvalue weighted by atomic mass is 10.2. The molecule has 122 valence electrons. The van der Waals surface area contributed by atoms with Gasteiger partial charge in [0.05, 0.1) is 6.54 Å². The third-order valence-electron chi connectivity index (χ3n) is 2.98. The number of hydrogen-bond acceptors (Lipinski definition) is 5. The molecule has 0 atom stereocenters. The van der Waals surface area contributed by atoms with Gasteiger partial charge in [-0.05, 0) is 30.0 Å². The van der Waals surface area contributed by atoms with Gasteiger partial charge in [0.15, 0.2) is 0 Å². The first-order valence-corrected chi connectivity index (χ1v) is 8.71. The van der Waals surface area contributed by atoms with Crippen molar-refractivity contribution in [2.75, 3.05) is 6.54 Å². The highest BCUT2D eigenvalue weighted by molar-refractivity contribution is 7.13. The fourth-order valence-electron chi connectivity index (χ4n) is 1.81. The van der Waals surface area contributed by atoms with Gasteiger partial charge in [-0.25, -0.2) is 4.79 Å². The lowest BCUT2D eigenvalue weighted by Gasteiger charge is -2.05. The number of carbonyl (C=O) groups is 3. The summed E-state index contributed by atoms with van der Waals surface area (Å²) in [5, 5.41) is 17.9. The van der Waals surface area contributed by atoms with Crippen molar-refractivity contribution in [1.82, 2.24) is 10.6 Å². The Morgan fingerprint density at radius 1 is 1.13 bits per heavy atom. The Labute approximate surface area is 141 Å². The lowest BCUT2D eigenvalue weighted by molar-refractivity contribution is -0.121. The van der Waals surface area contributed by atoms with Gasteiger partial charge < -0.3 is 15.7 Å². The fourth-order valence-corrected chi connectivity index (χ4v) is 3.23. The van der Waals surface area contributed by atoms with Gasteiger partial charge in [0, 0.05) is 28.8 Å². The number of carboxylic acid groups (broad SMARTS) is 1. The second-order valence-corrected chi connectivity index (χ2v) is 6.67. The fraction of sp³-hybridized carbons (Fsp3) is 0.267. The van der Waals surface area contributed by atoms with E-state index in [1.54, 1.807) is 17.5 Å². The predicted octanol–water partition coefficient (Wildman–Crippen LogP) is 2.33. The Morgan fingerprint density at radius 2 is 1.96 bits per heavy atom. The number of thiophene rings is 2. The smallest absolute Gasteiger partial charge is 0.345 e. The molecular formula is C15H16N2O4S2. The van der Waals surface area contributed by atoms with Crippen LogP contribution in [0.3, 0.4) is 0 Å². The van der Waals surface area contributed by atoms with E-state index >= 15 is 0 Å². The van der Waals surface area contributed by atoms with Crippen LogP contribution in [0, 0.1) is 0 Å². The molecule has 2 heterocycles. The molecule has 2 aromatic heterocycles. The molecule has 0 spiro atoms. The highest BCUT2D eigenvalue weighted by Gasteiger charge is 2.08. The SMILES string of the molecule is O=C(CCCNC(=O)c1ccsc1)NCc1ccc(C(=O)O)s1. The maximum Gasteiger partial charge on any atom is 0.345 e. The lowest BCUT2D eigenvalue weighted by Crippen LogP contribution is -2.27. The Hall–Kier alpha value is -2.19. The Morgan fingerprint density at radius 3 is 2.61 bits per heavy atom. The van der Waals surface area contributed by atoms with Gasteiger partial charge in [-0.15, -0.1) is 11.3 Å². The number of rotatable bonds is 8. The molecule has 2 aromatic rings. The molecule has 0 aromatic carbocycles. The first kappa shape index (κ1) is 17.2. The molecule has 2 amide bonds. The van der Waals surface area contributed by atoms with Crippen LogP contribution in [0.2, 0.25) is 0 Å². The molecule has 3 N–H and O–H groups in total. The number of amides is 2. The summed E-state index contributed by atoms with van der Waals surface area (Å²) >= 11 is 2.60. The first-order valence-electron chi connectivity index (χ1n) is 6.95. The molecule has 0 bridgehead atoms. The second-order valence-electron chi connectivity index (χ2n) is 4.72. The van der Waals surface area contributed by atoms with Gasteiger partial charge in [0.2, 0.25) is 5.91 Å². The Balaban J connectivity index is 1.61. The number of carbonyl (C=O) groups excluding carboxylic acids is 2. The monoisotopic (exact) mass is 352 g/mol. The number of hydrogen-bond donors (Lipinski definition) is 3. The van der Waals surface area contributed by atoms with Crippen LogP contribution >= 0.6 is 22.7 Å². The summed E-state index contributed by atoms with van der Waals surface area (Å²) in [6.45, 7) is 0.752. The van der Waals surface area contributed by atoms with E-state index < -0.39 is 5.97 Å². The van der Waals surface area contributed by atoms with Crippen molar-refractivity contribution >= 4 is 40.5 Å². The maximum atomic E-state index is 11.7. The van der Waals surface area contributed by atoms with Gasteiger partial charge in [-0.1, -0.05) is 0 Å². The largest absolute Gasteiger partial charge is 0.477 e. The van der Waals surface area contributed by atoms with Crippen molar-refractivity contribution in [3.63, 3.8) is 0 Å². The molecule has 0 aliphatic rings. The van der Waals surface area contributed by atoms with Crippen molar-refractivity contribution < 1.29 is 19.5 Å². The normalized spacial score (nSPS) is 10.3. The van der Waals surface area contributed by atoms with E-state index in [1.807, 2.05) is 5.38 Å². The van der Waals surface area contributed by atoms with E-state index in [9.17, 15) is 14.4 Å². The summed E-state index contributed by atoms with van der Waals surface area (Å²) in [7, 11) is 0. The van der Waals surface area contributed by atoms with Crippen LogP contribution in [0.1, 0.15) is 37.7 Å². The number of carboxylic acids is 1. The predicted molar refractivity (Wildman–Crippen MR) is 89.0 cm³/mol. The third-order valence-corrected chi connectivity index (χ3v) is 4.74. The minimum Gasteiger partial charge on any atom is -0.477 e. The van der Waals surface area contributed by atoms with Crippen LogP contribution in [-0.2, 0) is 11.3 Å². The molecule has 2 rings (SSSR count). The zero-order valence-electron chi connectivity index (χ0n) is 12.2. The van der Waals surface area contributed by atoms with Crippen molar-refractivity contribution in [2.24, 2.45) is 0 Å². The summed E-state index contributed by atoms with van der Waals surface area (Å²) in [6.07, 6.45) is 0.855. The summed E-state index contributed by atoms with van der Waals surface area (Å²) in [4.78, 5) is 35.2. The van der Waals surface area contributed by atoms with Gasteiger partial charge in [0.1, 0.15) is 4.88 Å². The van der Waals surface area contributed by atoms with Crippen LogP contribution in [0.4, 0.5) is 0 Å². The highest BCUT2D eigenvalue weighted by atomic mass is 32.1. The number of aromatic carboxylic acids is 1. The van der Waals surface area contributed by atoms with Crippen molar-refractivity contribution in [3.05, 3.63) is 44.3 Å². The van der Waals surface area contributed by atoms with E-state index in [4.69, 9.17) is 5.11 Å². The van der Waals surface area contributed by atoms with E-state index in [2.05, 4.69) is 10.6 Å². The van der Waals surface area contributed by atoms with Crippen molar-refractivity contribution in [2.45, 2.75) is 19.4 Å². The van der Waals surface area contributed by atoms with Crippen LogP contribution < -0.4 is 10.6 Å². The van der Waals surface area contributed by atoms with Gasteiger partial charge in [-0.2, -0.15) is 11.3 Å². The van der Waals surface area contributed by atoms with Crippen molar-refractivity contribution in [3.8, 4) is 0 Å². The summed E-state index contributed by atoms with van der Waals surface area (Å²) < 4.78 is 0. The van der Waals surface area contributed by atoms with E-state index in [1.165, 1.54) is 17.4 Å². The van der Waals surface area contributed by atoms with Crippen LogP contribution in [0.25, 0.3) is 0 Å². The van der Waals surface area contributed by atoms with E-state index in [0.717, 1.165) is 16.2 Å². The molecule has 8 heteroatoms. The summed E-state index contributed by atoms with van der Waals surface area (Å²) in [5.41, 5.74) is 0.631. The third kappa shape index (κ3) is 5.50. The van der Waals surface area contributed by atoms with Gasteiger partial charge in [-0.3, -0.25) is 9.59 Å². The topological polar surface area (TPSA) is 95.5 Å². The molecular weight excluding hydrogens is 336 g/mol. The molecule has 0 aliphatic heterocycles. The molecule has 0 unspecified atom stereocenters.